The van der Waals surface area contributed by atoms with Crippen LogP contribution in [-0.2, 0) is 9.53 Å². The van der Waals surface area contributed by atoms with Crippen molar-refractivity contribution in [3.05, 3.63) is 89.2 Å². The summed E-state index contributed by atoms with van der Waals surface area (Å²) < 4.78 is 19.0. The molecule has 11 heteroatoms. The predicted octanol–water partition coefficient (Wildman–Crippen LogP) is 4.56. The van der Waals surface area contributed by atoms with E-state index in [1.807, 2.05) is 12.1 Å². The molecule has 3 aromatic rings. The number of methoxy groups -OCH3 is 1. The molecule has 0 radical (unpaired) electrons. The Balaban J connectivity index is 1.28. The van der Waals surface area contributed by atoms with Gasteiger partial charge < -0.3 is 30.1 Å². The van der Waals surface area contributed by atoms with Crippen molar-refractivity contribution in [1.29, 1.82) is 0 Å². The molecule has 9 nitrogen and oxygen atoms in total. The minimum Gasteiger partial charge on any atom is -0.383 e. The molecule has 1 aliphatic heterocycles. The molecule has 0 atom stereocenters. The smallest absolute Gasteiger partial charge is 0.322 e. The summed E-state index contributed by atoms with van der Waals surface area (Å²) in [6.45, 7) is 2.60. The minimum absolute atomic E-state index is 0.135. The van der Waals surface area contributed by atoms with Crippen molar-refractivity contribution in [2.75, 3.05) is 68.5 Å². The molecular weight excluding hydrogens is 537 g/mol. The average Bonchev–Trinajstić information content (AvgIpc) is 2.97. The van der Waals surface area contributed by atoms with Crippen LogP contribution in [0.3, 0.4) is 0 Å². The number of amides is 4. The second kappa shape index (κ2) is 13.8. The maximum Gasteiger partial charge on any atom is 0.322 e. The van der Waals surface area contributed by atoms with E-state index in [4.69, 9.17) is 16.3 Å². The average molecular weight is 568 g/mol. The van der Waals surface area contributed by atoms with Crippen molar-refractivity contribution < 1.29 is 23.5 Å². The number of piperazine rings is 1. The zero-order valence-electron chi connectivity index (χ0n) is 22.1. The summed E-state index contributed by atoms with van der Waals surface area (Å²) in [5.74, 6) is -1.10. The number of benzene rings is 3. The third-order valence-electron chi connectivity index (χ3n) is 6.48. The fraction of sp³-hybridized carbons (Fsp3) is 0.276. The van der Waals surface area contributed by atoms with E-state index in [9.17, 15) is 18.8 Å². The van der Waals surface area contributed by atoms with E-state index in [0.717, 1.165) is 5.69 Å². The van der Waals surface area contributed by atoms with Gasteiger partial charge in [0.15, 0.2) is 0 Å². The quantitative estimate of drug-likeness (QED) is 0.395. The number of carbonyl (C=O) groups is 3. The van der Waals surface area contributed by atoms with Crippen LogP contribution in [0.2, 0.25) is 5.02 Å². The second-order valence-corrected chi connectivity index (χ2v) is 9.64. The molecule has 0 saturated carbocycles. The van der Waals surface area contributed by atoms with Crippen LogP contribution in [0, 0.1) is 5.82 Å². The van der Waals surface area contributed by atoms with Crippen LogP contribution < -0.4 is 15.5 Å². The van der Waals surface area contributed by atoms with Crippen molar-refractivity contribution in [3.63, 3.8) is 0 Å². The molecule has 1 aliphatic rings. The Hall–Kier alpha value is -4.15. The van der Waals surface area contributed by atoms with E-state index < -0.39 is 5.82 Å². The number of hydrogen-bond donors (Lipinski definition) is 2. The van der Waals surface area contributed by atoms with Crippen molar-refractivity contribution in [1.82, 2.24) is 9.80 Å². The van der Waals surface area contributed by atoms with Gasteiger partial charge in [-0.15, -0.1) is 0 Å². The van der Waals surface area contributed by atoms with Crippen LogP contribution >= 0.6 is 11.6 Å². The van der Waals surface area contributed by atoms with Crippen LogP contribution in [0.25, 0.3) is 0 Å². The van der Waals surface area contributed by atoms with Gasteiger partial charge in [0.1, 0.15) is 12.4 Å². The van der Waals surface area contributed by atoms with E-state index in [0.29, 0.717) is 49.1 Å². The lowest BCUT2D eigenvalue weighted by Crippen LogP contribution is -2.50. The van der Waals surface area contributed by atoms with Crippen LogP contribution in [0.15, 0.2) is 72.8 Å². The third-order valence-corrected chi connectivity index (χ3v) is 6.73. The number of rotatable bonds is 9. The topological polar surface area (TPSA) is 94.2 Å². The maximum absolute atomic E-state index is 13.8. The van der Waals surface area contributed by atoms with Crippen molar-refractivity contribution in [2.45, 2.75) is 0 Å². The van der Waals surface area contributed by atoms with Gasteiger partial charge in [0.2, 0.25) is 5.91 Å². The molecule has 0 aliphatic carbocycles. The van der Waals surface area contributed by atoms with Crippen LogP contribution in [0.1, 0.15) is 10.4 Å². The summed E-state index contributed by atoms with van der Waals surface area (Å²) in [6.07, 6.45) is 0. The number of halogens is 2. The molecule has 0 spiro atoms. The van der Waals surface area contributed by atoms with Gasteiger partial charge in [0, 0.05) is 61.8 Å². The van der Waals surface area contributed by atoms with Crippen LogP contribution in [-0.4, -0.2) is 80.6 Å². The Kier molecular flexibility index (Phi) is 9.93. The molecule has 1 fully saturated rings. The largest absolute Gasteiger partial charge is 0.383 e. The monoisotopic (exact) mass is 567 g/mol. The Bertz CT molecular complexity index is 1310. The molecule has 0 aromatic heterocycles. The van der Waals surface area contributed by atoms with Gasteiger partial charge >= 0.3 is 6.03 Å². The van der Waals surface area contributed by atoms with Gasteiger partial charge in [0.05, 0.1) is 12.3 Å². The molecule has 40 heavy (non-hydrogen) atoms. The first-order valence-corrected chi connectivity index (χ1v) is 13.2. The third kappa shape index (κ3) is 7.71. The standard InChI is InChI=1S/C29H31ClFN5O4/c1-40-19-18-36(28(38)21-6-8-22(30)9-7-21)20-27(37)32-23-10-12-24(13-11-23)34-14-16-35(17-15-34)29(39)33-26-5-3-2-4-25(26)31/h2-13H,14-20H2,1H3,(H,32,37)(H,33,39). The lowest BCUT2D eigenvalue weighted by Gasteiger charge is -2.36. The summed E-state index contributed by atoms with van der Waals surface area (Å²) in [4.78, 5) is 43.5. The zero-order chi connectivity index (χ0) is 28.5. The zero-order valence-corrected chi connectivity index (χ0v) is 22.9. The Morgan fingerprint density at radius 2 is 1.60 bits per heavy atom. The number of nitrogens with one attached hydrogen (secondary N) is 2. The predicted molar refractivity (Wildman–Crippen MR) is 154 cm³/mol. The molecule has 4 rings (SSSR count). The summed E-state index contributed by atoms with van der Waals surface area (Å²) in [7, 11) is 1.53. The van der Waals surface area contributed by atoms with Gasteiger partial charge in [-0.05, 0) is 60.7 Å². The molecule has 1 heterocycles. The second-order valence-electron chi connectivity index (χ2n) is 9.21. The van der Waals surface area contributed by atoms with Crippen molar-refractivity contribution in [3.8, 4) is 0 Å². The highest BCUT2D eigenvalue weighted by atomic mass is 35.5. The molecule has 3 aromatic carbocycles. The fourth-order valence-electron chi connectivity index (χ4n) is 4.28. The first-order chi connectivity index (χ1) is 19.3. The SMILES string of the molecule is COCCN(CC(=O)Nc1ccc(N2CCN(C(=O)Nc3ccccc3F)CC2)cc1)C(=O)c1ccc(Cl)cc1. The summed E-state index contributed by atoms with van der Waals surface area (Å²) in [5, 5.41) is 5.98. The van der Waals surface area contributed by atoms with E-state index >= 15 is 0 Å². The summed E-state index contributed by atoms with van der Waals surface area (Å²) >= 11 is 5.92. The van der Waals surface area contributed by atoms with E-state index in [-0.39, 0.29) is 36.6 Å². The normalized spacial score (nSPS) is 13.1. The van der Waals surface area contributed by atoms with Crippen LogP contribution in [0.5, 0.6) is 0 Å². The Morgan fingerprint density at radius 1 is 0.925 bits per heavy atom. The molecule has 0 bridgehead atoms. The maximum atomic E-state index is 13.8. The Morgan fingerprint density at radius 3 is 2.25 bits per heavy atom. The highest BCUT2D eigenvalue weighted by molar-refractivity contribution is 6.30. The van der Waals surface area contributed by atoms with Gasteiger partial charge in [-0.25, -0.2) is 9.18 Å². The van der Waals surface area contributed by atoms with Gasteiger partial charge in [-0.1, -0.05) is 23.7 Å². The molecule has 2 N–H and O–H groups in total. The highest BCUT2D eigenvalue weighted by Crippen LogP contribution is 2.21. The lowest BCUT2D eigenvalue weighted by atomic mass is 10.2. The minimum atomic E-state index is -0.475. The number of hydrogen-bond acceptors (Lipinski definition) is 5. The first kappa shape index (κ1) is 28.8. The van der Waals surface area contributed by atoms with E-state index in [1.165, 1.54) is 24.1 Å². The van der Waals surface area contributed by atoms with Gasteiger partial charge in [-0.2, -0.15) is 0 Å². The van der Waals surface area contributed by atoms with Gasteiger partial charge in [0.25, 0.3) is 5.91 Å². The highest BCUT2D eigenvalue weighted by Gasteiger charge is 2.22. The van der Waals surface area contributed by atoms with Crippen molar-refractivity contribution in [2.24, 2.45) is 0 Å². The van der Waals surface area contributed by atoms with Crippen LogP contribution in [0.4, 0.5) is 26.2 Å². The molecule has 4 amide bonds. The summed E-state index contributed by atoms with van der Waals surface area (Å²) in [6, 6.07) is 19.6. The lowest BCUT2D eigenvalue weighted by molar-refractivity contribution is -0.117. The number of ether oxygens (including phenoxy) is 1. The summed E-state index contributed by atoms with van der Waals surface area (Å²) in [5.41, 5.74) is 2.14. The van der Waals surface area contributed by atoms with Crippen molar-refractivity contribution >= 4 is 46.5 Å². The molecule has 1 saturated heterocycles. The van der Waals surface area contributed by atoms with E-state index in [2.05, 4.69) is 15.5 Å². The Labute approximate surface area is 237 Å². The first-order valence-electron chi connectivity index (χ1n) is 12.8. The number of anilines is 3. The number of nitrogens with zero attached hydrogens (tertiary/aromatic N) is 3. The molecule has 0 unspecified atom stereocenters. The van der Waals surface area contributed by atoms with E-state index in [1.54, 1.807) is 53.4 Å². The number of carbonyl (C=O) groups excluding carboxylic acids is 3. The molecular formula is C29H31ClFN5O4. The molecule has 210 valence electrons. The van der Waals surface area contributed by atoms with Gasteiger partial charge in [-0.3, -0.25) is 9.59 Å². The number of para-hydroxylation sites is 1. The fourth-order valence-corrected chi connectivity index (χ4v) is 4.41. The number of urea groups is 1.